The van der Waals surface area contributed by atoms with Crippen molar-refractivity contribution < 1.29 is 9.50 Å². The first-order valence-corrected chi connectivity index (χ1v) is 7.51. The SMILES string of the molecule is CCC(N)C(c1ccc(F)cc1)N1CCC(CCO)C1. The van der Waals surface area contributed by atoms with E-state index >= 15 is 0 Å². The second-order valence-electron chi connectivity index (χ2n) is 5.73. The molecule has 4 heteroatoms. The fourth-order valence-corrected chi connectivity index (χ4v) is 3.15. The van der Waals surface area contributed by atoms with Crippen molar-refractivity contribution in [2.45, 2.75) is 38.3 Å². The lowest BCUT2D eigenvalue weighted by atomic mass is 9.96. The van der Waals surface area contributed by atoms with Crippen LogP contribution in [0, 0.1) is 11.7 Å². The normalized spacial score (nSPS) is 22.9. The van der Waals surface area contributed by atoms with E-state index in [4.69, 9.17) is 10.8 Å². The molecule has 0 radical (unpaired) electrons. The summed E-state index contributed by atoms with van der Waals surface area (Å²) in [5, 5.41) is 9.07. The molecule has 112 valence electrons. The highest BCUT2D eigenvalue weighted by atomic mass is 19.1. The molecule has 3 unspecified atom stereocenters. The van der Waals surface area contributed by atoms with Crippen LogP contribution in [0.4, 0.5) is 4.39 Å². The summed E-state index contributed by atoms with van der Waals surface area (Å²) in [4.78, 5) is 2.39. The van der Waals surface area contributed by atoms with E-state index in [9.17, 15) is 4.39 Å². The molecule has 1 saturated heterocycles. The summed E-state index contributed by atoms with van der Waals surface area (Å²) in [5.41, 5.74) is 7.39. The number of benzene rings is 1. The number of hydrogen-bond donors (Lipinski definition) is 2. The van der Waals surface area contributed by atoms with Gasteiger partial charge in [0, 0.05) is 25.2 Å². The summed E-state index contributed by atoms with van der Waals surface area (Å²) in [7, 11) is 0. The molecule has 3 atom stereocenters. The number of hydrogen-bond acceptors (Lipinski definition) is 3. The van der Waals surface area contributed by atoms with Gasteiger partial charge in [0.15, 0.2) is 0 Å². The van der Waals surface area contributed by atoms with Crippen LogP contribution in [0.2, 0.25) is 0 Å². The molecule has 1 aliphatic heterocycles. The van der Waals surface area contributed by atoms with Gasteiger partial charge in [-0.05, 0) is 49.4 Å². The average Bonchev–Trinajstić information content (AvgIpc) is 2.90. The standard InChI is InChI=1S/C16H25FN2O/c1-2-15(18)16(13-3-5-14(17)6-4-13)19-9-7-12(11-19)8-10-20/h3-6,12,15-16,20H,2,7-11,18H2,1H3. The van der Waals surface area contributed by atoms with Crippen LogP contribution in [-0.4, -0.2) is 35.7 Å². The van der Waals surface area contributed by atoms with Crippen molar-refractivity contribution in [1.82, 2.24) is 4.90 Å². The first-order chi connectivity index (χ1) is 9.65. The lowest BCUT2D eigenvalue weighted by Crippen LogP contribution is -2.39. The molecule has 20 heavy (non-hydrogen) atoms. The Hall–Kier alpha value is -0.970. The topological polar surface area (TPSA) is 49.5 Å². The molecule has 3 N–H and O–H groups in total. The maximum atomic E-state index is 13.1. The number of aliphatic hydroxyl groups is 1. The first-order valence-electron chi connectivity index (χ1n) is 7.51. The molecule has 1 heterocycles. The van der Waals surface area contributed by atoms with Crippen LogP contribution in [0.15, 0.2) is 24.3 Å². The van der Waals surface area contributed by atoms with Gasteiger partial charge in [-0.3, -0.25) is 4.90 Å². The maximum absolute atomic E-state index is 13.1. The first kappa shape index (κ1) is 15.4. The van der Waals surface area contributed by atoms with Gasteiger partial charge in [-0.15, -0.1) is 0 Å². The highest BCUT2D eigenvalue weighted by Gasteiger charge is 2.31. The molecule has 0 saturated carbocycles. The molecule has 1 aromatic carbocycles. The van der Waals surface area contributed by atoms with Gasteiger partial charge < -0.3 is 10.8 Å². The molecule has 0 aromatic heterocycles. The van der Waals surface area contributed by atoms with Gasteiger partial charge in [-0.2, -0.15) is 0 Å². The van der Waals surface area contributed by atoms with E-state index < -0.39 is 0 Å². The third kappa shape index (κ3) is 3.57. The summed E-state index contributed by atoms with van der Waals surface area (Å²) in [6, 6.07) is 6.89. The van der Waals surface area contributed by atoms with Crippen LogP contribution in [0.25, 0.3) is 0 Å². The fourth-order valence-electron chi connectivity index (χ4n) is 3.15. The molecule has 2 rings (SSSR count). The Balaban J connectivity index is 2.14. The third-order valence-electron chi connectivity index (χ3n) is 4.34. The second kappa shape index (κ2) is 7.16. The Bertz CT molecular complexity index is 409. The van der Waals surface area contributed by atoms with Crippen LogP contribution in [0.3, 0.4) is 0 Å². The minimum Gasteiger partial charge on any atom is -0.396 e. The smallest absolute Gasteiger partial charge is 0.123 e. The molecule has 1 aromatic rings. The van der Waals surface area contributed by atoms with Crippen molar-refractivity contribution in [2.24, 2.45) is 11.7 Å². The van der Waals surface area contributed by atoms with Crippen LogP contribution >= 0.6 is 0 Å². The lowest BCUT2D eigenvalue weighted by molar-refractivity contribution is 0.193. The van der Waals surface area contributed by atoms with E-state index in [0.29, 0.717) is 5.92 Å². The minimum absolute atomic E-state index is 0.0494. The van der Waals surface area contributed by atoms with Gasteiger partial charge in [-0.25, -0.2) is 4.39 Å². The van der Waals surface area contributed by atoms with Crippen LogP contribution in [0.5, 0.6) is 0 Å². The largest absolute Gasteiger partial charge is 0.396 e. The van der Waals surface area contributed by atoms with Crippen LogP contribution in [0.1, 0.15) is 37.8 Å². The number of aliphatic hydroxyl groups excluding tert-OH is 1. The van der Waals surface area contributed by atoms with Crippen LogP contribution < -0.4 is 5.73 Å². The lowest BCUT2D eigenvalue weighted by Gasteiger charge is -2.32. The Morgan fingerprint density at radius 1 is 1.40 bits per heavy atom. The van der Waals surface area contributed by atoms with E-state index in [-0.39, 0.29) is 24.5 Å². The summed E-state index contributed by atoms with van der Waals surface area (Å²) in [6.07, 6.45) is 2.85. The number of nitrogens with two attached hydrogens (primary N) is 1. The predicted octanol–water partition coefficient (Wildman–Crippen LogP) is 2.31. The molecule has 1 aliphatic rings. The van der Waals surface area contributed by atoms with Crippen LogP contribution in [-0.2, 0) is 0 Å². The molecule has 0 bridgehead atoms. The molecule has 3 nitrogen and oxygen atoms in total. The van der Waals surface area contributed by atoms with Crippen molar-refractivity contribution >= 4 is 0 Å². The highest BCUT2D eigenvalue weighted by molar-refractivity contribution is 5.22. The van der Waals surface area contributed by atoms with Gasteiger partial charge in [0.2, 0.25) is 0 Å². The molecular formula is C16H25FN2O. The van der Waals surface area contributed by atoms with Crippen molar-refractivity contribution in [3.05, 3.63) is 35.6 Å². The van der Waals surface area contributed by atoms with E-state index in [2.05, 4.69) is 11.8 Å². The summed E-state index contributed by atoms with van der Waals surface area (Å²) in [5.74, 6) is 0.337. The average molecular weight is 280 g/mol. The Morgan fingerprint density at radius 3 is 2.70 bits per heavy atom. The van der Waals surface area contributed by atoms with Gasteiger partial charge in [0.1, 0.15) is 5.82 Å². The van der Waals surface area contributed by atoms with Gasteiger partial charge in [0.05, 0.1) is 0 Å². The Labute approximate surface area is 120 Å². The number of rotatable bonds is 6. The fraction of sp³-hybridized carbons (Fsp3) is 0.625. The van der Waals surface area contributed by atoms with Gasteiger partial charge in [-0.1, -0.05) is 19.1 Å². The van der Waals surface area contributed by atoms with Crippen molar-refractivity contribution in [2.75, 3.05) is 19.7 Å². The molecule has 0 amide bonds. The quantitative estimate of drug-likeness (QED) is 0.840. The second-order valence-corrected chi connectivity index (χ2v) is 5.73. The highest BCUT2D eigenvalue weighted by Crippen LogP contribution is 2.31. The minimum atomic E-state index is -0.211. The maximum Gasteiger partial charge on any atom is 0.123 e. The zero-order valence-corrected chi connectivity index (χ0v) is 12.1. The monoisotopic (exact) mass is 280 g/mol. The van der Waals surface area contributed by atoms with E-state index in [0.717, 1.165) is 37.9 Å². The third-order valence-corrected chi connectivity index (χ3v) is 4.34. The summed E-state index contributed by atoms with van der Waals surface area (Å²) < 4.78 is 13.1. The van der Waals surface area contributed by atoms with Crippen molar-refractivity contribution in [1.29, 1.82) is 0 Å². The Morgan fingerprint density at radius 2 is 2.10 bits per heavy atom. The number of nitrogens with zero attached hydrogens (tertiary/aromatic N) is 1. The Kier molecular flexibility index (Phi) is 5.52. The molecule has 0 aliphatic carbocycles. The predicted molar refractivity (Wildman–Crippen MR) is 78.8 cm³/mol. The number of likely N-dealkylation sites (tertiary alicyclic amines) is 1. The summed E-state index contributed by atoms with van der Waals surface area (Å²) >= 11 is 0. The number of halogens is 1. The molecule has 1 fully saturated rings. The van der Waals surface area contributed by atoms with Crippen molar-refractivity contribution in [3.8, 4) is 0 Å². The zero-order chi connectivity index (χ0) is 14.5. The molecule has 0 spiro atoms. The van der Waals surface area contributed by atoms with Gasteiger partial charge >= 0.3 is 0 Å². The van der Waals surface area contributed by atoms with E-state index in [1.54, 1.807) is 0 Å². The van der Waals surface area contributed by atoms with Crippen molar-refractivity contribution in [3.63, 3.8) is 0 Å². The van der Waals surface area contributed by atoms with Gasteiger partial charge in [0.25, 0.3) is 0 Å². The van der Waals surface area contributed by atoms with E-state index in [1.165, 1.54) is 12.1 Å². The molecular weight excluding hydrogens is 255 g/mol. The summed E-state index contributed by atoms with van der Waals surface area (Å²) in [6.45, 7) is 4.30. The van der Waals surface area contributed by atoms with E-state index in [1.807, 2.05) is 12.1 Å². The zero-order valence-electron chi connectivity index (χ0n) is 12.1.